The van der Waals surface area contributed by atoms with Crippen LogP contribution in [0.2, 0.25) is 0 Å². The van der Waals surface area contributed by atoms with Crippen LogP contribution < -0.4 is 0 Å². The molecule has 0 fully saturated rings. The summed E-state index contributed by atoms with van der Waals surface area (Å²) in [6.07, 6.45) is 59.2. The second-order valence-corrected chi connectivity index (χ2v) is 14.4. The molecule has 0 aromatic rings. The molecule has 0 saturated carbocycles. The second kappa shape index (κ2) is 44.8. The zero-order valence-electron chi connectivity index (χ0n) is 36.3. The highest BCUT2D eigenvalue weighted by Gasteiger charge is 2.19. The summed E-state index contributed by atoms with van der Waals surface area (Å²) in [5, 5.41) is 0. The van der Waals surface area contributed by atoms with E-state index in [9.17, 15) is 14.4 Å². The van der Waals surface area contributed by atoms with Crippen molar-refractivity contribution in [1.29, 1.82) is 0 Å². The number of carbonyl (C=O) groups is 3. The number of esters is 3. The molecule has 0 N–H and O–H groups in total. The number of rotatable bonds is 38. The molecule has 0 saturated heterocycles. The highest BCUT2D eigenvalue weighted by Crippen LogP contribution is 2.13. The van der Waals surface area contributed by atoms with Gasteiger partial charge >= 0.3 is 17.9 Å². The maximum atomic E-state index is 12.7. The van der Waals surface area contributed by atoms with Gasteiger partial charge in [0.15, 0.2) is 6.10 Å². The first-order valence-corrected chi connectivity index (χ1v) is 22.5. The zero-order chi connectivity index (χ0) is 41.5. The van der Waals surface area contributed by atoms with Crippen LogP contribution in [0.25, 0.3) is 0 Å². The molecule has 6 heteroatoms. The molecule has 0 radical (unpaired) electrons. The lowest BCUT2D eigenvalue weighted by molar-refractivity contribution is -0.167. The van der Waals surface area contributed by atoms with Gasteiger partial charge < -0.3 is 14.2 Å². The molecule has 0 aliphatic carbocycles. The fourth-order valence-electron chi connectivity index (χ4n) is 5.65. The molecule has 0 bridgehead atoms. The molecular weight excluding hydrogens is 709 g/mol. The predicted molar refractivity (Wildman–Crippen MR) is 242 cm³/mol. The molecule has 0 aliphatic rings. The minimum Gasteiger partial charge on any atom is -0.462 e. The summed E-state index contributed by atoms with van der Waals surface area (Å²) in [4.78, 5) is 37.7. The van der Waals surface area contributed by atoms with Gasteiger partial charge in [0.25, 0.3) is 0 Å². The van der Waals surface area contributed by atoms with Crippen LogP contribution >= 0.6 is 0 Å². The Morgan fingerprint density at radius 2 is 0.684 bits per heavy atom. The van der Waals surface area contributed by atoms with Gasteiger partial charge in [-0.15, -0.1) is 0 Å². The van der Waals surface area contributed by atoms with Crippen molar-refractivity contribution >= 4 is 17.9 Å². The average molecular weight is 789 g/mol. The quantitative estimate of drug-likeness (QED) is 0.0268. The largest absolute Gasteiger partial charge is 0.462 e. The van der Waals surface area contributed by atoms with Crippen LogP contribution in [-0.4, -0.2) is 37.2 Å². The number of unbranched alkanes of at least 4 members (excludes halogenated alkanes) is 16. The van der Waals surface area contributed by atoms with Crippen LogP contribution in [0.3, 0.4) is 0 Å². The third-order valence-corrected chi connectivity index (χ3v) is 9.00. The molecule has 0 aromatic heterocycles. The van der Waals surface area contributed by atoms with Crippen molar-refractivity contribution < 1.29 is 28.6 Å². The fraction of sp³-hybridized carbons (Fsp3) is 0.588. The molecule has 0 aromatic carbocycles. The van der Waals surface area contributed by atoms with Crippen molar-refractivity contribution in [2.45, 2.75) is 181 Å². The molecular formula is C51H80O6. The van der Waals surface area contributed by atoms with Gasteiger partial charge in [0.2, 0.25) is 0 Å². The Morgan fingerprint density at radius 3 is 1.09 bits per heavy atom. The van der Waals surface area contributed by atoms with Crippen molar-refractivity contribution in [2.24, 2.45) is 0 Å². The Hall–Kier alpha value is -3.93. The fourth-order valence-corrected chi connectivity index (χ4v) is 5.65. The number of allylic oxidation sites excluding steroid dienone is 18. The number of hydrogen-bond acceptors (Lipinski definition) is 6. The van der Waals surface area contributed by atoms with E-state index in [0.29, 0.717) is 19.3 Å². The molecule has 6 nitrogen and oxygen atoms in total. The van der Waals surface area contributed by atoms with Crippen molar-refractivity contribution in [3.05, 3.63) is 109 Å². The lowest BCUT2D eigenvalue weighted by atomic mass is 10.1. The van der Waals surface area contributed by atoms with Gasteiger partial charge in [-0.2, -0.15) is 0 Å². The van der Waals surface area contributed by atoms with E-state index in [0.717, 1.165) is 96.3 Å². The van der Waals surface area contributed by atoms with Crippen molar-refractivity contribution in [3.8, 4) is 0 Å². The highest BCUT2D eigenvalue weighted by atomic mass is 16.6. The van der Waals surface area contributed by atoms with Crippen LogP contribution in [0.1, 0.15) is 175 Å². The third kappa shape index (κ3) is 43.0. The van der Waals surface area contributed by atoms with E-state index in [1.54, 1.807) is 0 Å². The number of hydrogen-bond donors (Lipinski definition) is 0. The lowest BCUT2D eigenvalue weighted by Gasteiger charge is -2.18. The predicted octanol–water partition coefficient (Wildman–Crippen LogP) is 14.4. The van der Waals surface area contributed by atoms with E-state index in [4.69, 9.17) is 14.2 Å². The smallest absolute Gasteiger partial charge is 0.306 e. The minimum atomic E-state index is -0.805. The lowest BCUT2D eigenvalue weighted by Crippen LogP contribution is -2.30. The summed E-state index contributed by atoms with van der Waals surface area (Å²) in [5.41, 5.74) is 0. The summed E-state index contributed by atoms with van der Waals surface area (Å²) in [7, 11) is 0. The number of carbonyl (C=O) groups excluding carboxylic acids is 3. The van der Waals surface area contributed by atoms with Gasteiger partial charge in [0.05, 0.1) is 0 Å². The molecule has 1 atom stereocenters. The standard InChI is InChI=1S/C51H80O6/c1-4-7-10-13-16-19-21-23-24-25-26-28-29-32-35-38-41-44-50(53)56-47-48(46-55-49(52)43-40-37-34-31-18-15-12-9-6-3)57-51(54)45-42-39-36-33-30-27-22-20-17-14-11-8-5-2/h7-8,10-11,13-14,16-17,19-26,28-29,48H,4-6,9,12,15,18,27,30-47H2,1-3H3/b10-7-,11-8-,16-13-,17-14-,21-19-,22-20-,24-23-,26-25+,29-28-. The van der Waals surface area contributed by atoms with Gasteiger partial charge in [0, 0.05) is 19.3 Å². The number of ether oxygens (including phenoxy) is 3. The van der Waals surface area contributed by atoms with Crippen molar-refractivity contribution in [2.75, 3.05) is 13.2 Å². The summed E-state index contributed by atoms with van der Waals surface area (Å²) < 4.78 is 16.6. The van der Waals surface area contributed by atoms with Crippen LogP contribution in [0.15, 0.2) is 109 Å². The Labute approximate surface area is 349 Å². The molecule has 0 spiro atoms. The summed E-state index contributed by atoms with van der Waals surface area (Å²) in [6, 6.07) is 0. The molecule has 320 valence electrons. The molecule has 0 rings (SSSR count). The van der Waals surface area contributed by atoms with Crippen molar-refractivity contribution in [3.63, 3.8) is 0 Å². The second-order valence-electron chi connectivity index (χ2n) is 14.4. The molecule has 0 amide bonds. The first-order valence-electron chi connectivity index (χ1n) is 22.5. The van der Waals surface area contributed by atoms with Gasteiger partial charge in [-0.05, 0) is 57.8 Å². The van der Waals surface area contributed by atoms with Crippen LogP contribution in [0.4, 0.5) is 0 Å². The first kappa shape index (κ1) is 53.1. The van der Waals surface area contributed by atoms with E-state index in [2.05, 4.69) is 63.3 Å². The monoisotopic (exact) mass is 789 g/mol. The third-order valence-electron chi connectivity index (χ3n) is 9.00. The van der Waals surface area contributed by atoms with Gasteiger partial charge in [0.1, 0.15) is 13.2 Å². The molecule has 0 heterocycles. The summed E-state index contributed by atoms with van der Waals surface area (Å²) in [5.74, 6) is -0.984. The summed E-state index contributed by atoms with van der Waals surface area (Å²) in [6.45, 7) is 6.25. The Kier molecular flexibility index (Phi) is 41.7. The maximum Gasteiger partial charge on any atom is 0.306 e. The van der Waals surface area contributed by atoms with E-state index in [1.165, 1.54) is 38.5 Å². The Morgan fingerprint density at radius 1 is 0.368 bits per heavy atom. The first-order chi connectivity index (χ1) is 28.0. The van der Waals surface area contributed by atoms with E-state index in [1.807, 2.05) is 66.8 Å². The highest BCUT2D eigenvalue weighted by molar-refractivity contribution is 5.71. The van der Waals surface area contributed by atoms with E-state index in [-0.39, 0.29) is 31.1 Å². The normalized spacial score (nSPS) is 13.1. The van der Waals surface area contributed by atoms with Gasteiger partial charge in [-0.25, -0.2) is 0 Å². The van der Waals surface area contributed by atoms with Crippen molar-refractivity contribution in [1.82, 2.24) is 0 Å². The zero-order valence-corrected chi connectivity index (χ0v) is 36.3. The van der Waals surface area contributed by atoms with Gasteiger partial charge in [-0.1, -0.05) is 207 Å². The molecule has 1 unspecified atom stereocenters. The summed E-state index contributed by atoms with van der Waals surface area (Å²) >= 11 is 0. The SMILES string of the molecule is CC\C=C/C=C\C=C/C=C\C=C\C=C/CCCCCC(=O)OCC(COC(=O)CCCCCCCCCCC)OC(=O)CCCCCCC\C=C/C=C\C=C/CC. The maximum absolute atomic E-state index is 12.7. The van der Waals surface area contributed by atoms with E-state index < -0.39 is 6.10 Å². The van der Waals surface area contributed by atoms with Crippen LogP contribution in [0.5, 0.6) is 0 Å². The van der Waals surface area contributed by atoms with E-state index >= 15 is 0 Å². The Bertz CT molecular complexity index is 1230. The average Bonchev–Trinajstić information content (AvgIpc) is 3.21. The molecule has 57 heavy (non-hydrogen) atoms. The Balaban J connectivity index is 4.51. The minimum absolute atomic E-state index is 0.103. The van der Waals surface area contributed by atoms with Gasteiger partial charge in [-0.3, -0.25) is 14.4 Å². The van der Waals surface area contributed by atoms with Crippen LogP contribution in [-0.2, 0) is 28.6 Å². The van der Waals surface area contributed by atoms with Crippen LogP contribution in [0, 0.1) is 0 Å². The topological polar surface area (TPSA) is 78.9 Å². The molecule has 0 aliphatic heterocycles.